The monoisotopic (exact) mass is 292 g/mol. The molecule has 0 saturated heterocycles. The van der Waals surface area contributed by atoms with Crippen molar-refractivity contribution in [3.05, 3.63) is 28.3 Å². The second-order valence-corrected chi connectivity index (χ2v) is 6.37. The van der Waals surface area contributed by atoms with Crippen molar-refractivity contribution in [2.45, 2.75) is 33.1 Å². The lowest BCUT2D eigenvalue weighted by Gasteiger charge is -2.23. The fourth-order valence-electron chi connectivity index (χ4n) is 2.33. The normalized spacial score (nSPS) is 11.8. The fourth-order valence-corrected chi connectivity index (χ4v) is 2.53. The Morgan fingerprint density at radius 3 is 2.40 bits per heavy atom. The van der Waals surface area contributed by atoms with Gasteiger partial charge in [-0.15, -0.1) is 0 Å². The van der Waals surface area contributed by atoms with Crippen LogP contribution in [0.1, 0.15) is 31.9 Å². The van der Waals surface area contributed by atoms with Crippen molar-refractivity contribution in [1.82, 2.24) is 4.98 Å². The first kappa shape index (κ1) is 14.9. The van der Waals surface area contributed by atoms with Gasteiger partial charge in [-0.25, -0.2) is 4.98 Å². The van der Waals surface area contributed by atoms with Gasteiger partial charge in [-0.3, -0.25) is 0 Å². The lowest BCUT2D eigenvalue weighted by molar-refractivity contribution is 0.419. The van der Waals surface area contributed by atoms with E-state index in [0.29, 0.717) is 10.8 Å². The number of ether oxygens (including phenoxy) is 1. The highest BCUT2D eigenvalue weighted by Crippen LogP contribution is 2.37. The van der Waals surface area contributed by atoms with Crippen LogP contribution in [0.3, 0.4) is 0 Å². The molecule has 108 valence electrons. The Morgan fingerprint density at radius 2 is 1.90 bits per heavy atom. The number of pyridine rings is 1. The molecule has 0 radical (unpaired) electrons. The van der Waals surface area contributed by atoms with Crippen molar-refractivity contribution >= 4 is 28.3 Å². The van der Waals surface area contributed by atoms with Crippen molar-refractivity contribution < 1.29 is 4.74 Å². The number of hydrogen-bond acceptors (Lipinski definition) is 3. The van der Waals surface area contributed by atoms with Gasteiger partial charge >= 0.3 is 0 Å². The summed E-state index contributed by atoms with van der Waals surface area (Å²) >= 11 is 6.29. The van der Waals surface area contributed by atoms with Crippen molar-refractivity contribution in [2.75, 3.05) is 19.5 Å². The van der Waals surface area contributed by atoms with Crippen molar-refractivity contribution in [3.8, 4) is 5.75 Å². The molecule has 1 heterocycles. The number of anilines is 1. The number of methoxy groups -OCH3 is 1. The Bertz CT molecular complexity index is 660. The molecule has 3 nitrogen and oxygen atoms in total. The van der Waals surface area contributed by atoms with Gasteiger partial charge < -0.3 is 10.1 Å². The Kier molecular flexibility index (Phi) is 3.83. The molecule has 0 fully saturated rings. The van der Waals surface area contributed by atoms with Crippen molar-refractivity contribution in [1.29, 1.82) is 0 Å². The quantitative estimate of drug-likeness (QED) is 0.882. The number of halogens is 1. The fraction of sp³-hybridized carbons (Fsp3) is 0.438. The molecule has 0 spiro atoms. The first-order valence-corrected chi connectivity index (χ1v) is 7.03. The van der Waals surface area contributed by atoms with E-state index < -0.39 is 0 Å². The van der Waals surface area contributed by atoms with Gasteiger partial charge in [-0.05, 0) is 24.0 Å². The maximum Gasteiger partial charge on any atom is 0.146 e. The van der Waals surface area contributed by atoms with Crippen LogP contribution in [0.2, 0.25) is 5.02 Å². The first-order valence-electron chi connectivity index (χ1n) is 6.65. The number of rotatable bonds is 2. The predicted octanol–water partition coefficient (Wildman–Crippen LogP) is 4.54. The van der Waals surface area contributed by atoms with E-state index in [0.717, 1.165) is 22.3 Å². The van der Waals surface area contributed by atoms with Gasteiger partial charge in [0, 0.05) is 29.1 Å². The minimum absolute atomic E-state index is 0.00151. The molecule has 2 rings (SSSR count). The molecule has 20 heavy (non-hydrogen) atoms. The third kappa shape index (κ3) is 2.42. The van der Waals surface area contributed by atoms with E-state index in [4.69, 9.17) is 21.3 Å². The van der Waals surface area contributed by atoms with Crippen LogP contribution in [0.15, 0.2) is 12.1 Å². The zero-order valence-electron chi connectivity index (χ0n) is 12.9. The second-order valence-electron chi connectivity index (χ2n) is 5.97. The van der Waals surface area contributed by atoms with Gasteiger partial charge in [0.25, 0.3) is 0 Å². The molecule has 0 saturated carbocycles. The third-order valence-electron chi connectivity index (χ3n) is 3.54. The van der Waals surface area contributed by atoms with E-state index in [1.807, 2.05) is 20.0 Å². The minimum Gasteiger partial charge on any atom is -0.494 e. The van der Waals surface area contributed by atoms with E-state index in [1.54, 1.807) is 7.11 Å². The van der Waals surface area contributed by atoms with Crippen LogP contribution in [-0.4, -0.2) is 19.1 Å². The molecule has 0 aliphatic rings. The summed E-state index contributed by atoms with van der Waals surface area (Å²) in [7, 11) is 3.53. The maximum absolute atomic E-state index is 6.29. The van der Waals surface area contributed by atoms with E-state index in [9.17, 15) is 0 Å². The average Bonchev–Trinajstić information content (AvgIpc) is 2.40. The Morgan fingerprint density at radius 1 is 1.25 bits per heavy atom. The number of aryl methyl sites for hydroxylation is 1. The van der Waals surface area contributed by atoms with Crippen LogP contribution in [0.4, 0.5) is 5.82 Å². The van der Waals surface area contributed by atoms with Crippen molar-refractivity contribution in [3.63, 3.8) is 0 Å². The SMILES string of the molecule is CNc1nc2c(OC)cc(Cl)c(C)c2cc1C(C)(C)C. The van der Waals surface area contributed by atoms with E-state index in [-0.39, 0.29) is 5.41 Å². The van der Waals surface area contributed by atoms with Gasteiger partial charge in [-0.2, -0.15) is 0 Å². The molecule has 0 amide bonds. The van der Waals surface area contributed by atoms with Gasteiger partial charge in [0.15, 0.2) is 0 Å². The van der Waals surface area contributed by atoms with Crippen molar-refractivity contribution in [2.24, 2.45) is 0 Å². The lowest BCUT2D eigenvalue weighted by atomic mass is 9.86. The molecule has 1 aromatic carbocycles. The highest BCUT2D eigenvalue weighted by Gasteiger charge is 2.21. The minimum atomic E-state index is 0.00151. The first-order chi connectivity index (χ1) is 9.29. The van der Waals surface area contributed by atoms with Crippen LogP contribution < -0.4 is 10.1 Å². The van der Waals surface area contributed by atoms with E-state index in [2.05, 4.69) is 32.2 Å². The molecule has 0 aliphatic carbocycles. The molecular weight excluding hydrogens is 272 g/mol. The molecule has 0 aliphatic heterocycles. The number of nitrogens with one attached hydrogen (secondary N) is 1. The number of fused-ring (bicyclic) bond motifs is 1. The summed E-state index contributed by atoms with van der Waals surface area (Å²) in [4.78, 5) is 4.74. The molecule has 0 atom stereocenters. The van der Waals surface area contributed by atoms with Crippen LogP contribution in [-0.2, 0) is 5.41 Å². The number of nitrogens with zero attached hydrogens (tertiary/aromatic N) is 1. The second kappa shape index (κ2) is 5.13. The molecule has 1 aromatic heterocycles. The number of aromatic nitrogens is 1. The summed E-state index contributed by atoms with van der Waals surface area (Å²) in [5, 5.41) is 4.92. The molecular formula is C16H21ClN2O. The predicted molar refractivity (Wildman–Crippen MR) is 86.3 cm³/mol. The Balaban J connectivity index is 2.91. The van der Waals surface area contributed by atoms with E-state index in [1.165, 1.54) is 5.56 Å². The molecule has 1 N–H and O–H groups in total. The summed E-state index contributed by atoms with van der Waals surface area (Å²) in [6.45, 7) is 8.53. The third-order valence-corrected chi connectivity index (χ3v) is 3.93. The summed E-state index contributed by atoms with van der Waals surface area (Å²) in [5.74, 6) is 1.58. The van der Waals surface area contributed by atoms with Gasteiger partial charge in [0.2, 0.25) is 0 Å². The summed E-state index contributed by atoms with van der Waals surface area (Å²) in [6.07, 6.45) is 0. The lowest BCUT2D eigenvalue weighted by Crippen LogP contribution is -2.15. The smallest absolute Gasteiger partial charge is 0.146 e. The van der Waals surface area contributed by atoms with Gasteiger partial charge in [0.1, 0.15) is 17.1 Å². The standard InChI is InChI=1S/C16H21ClN2O/c1-9-10-7-11(16(2,3)4)15(18-5)19-14(10)13(20-6)8-12(9)17/h7-8H,1-6H3,(H,18,19). The highest BCUT2D eigenvalue weighted by atomic mass is 35.5. The van der Waals surface area contributed by atoms with Crippen LogP contribution in [0, 0.1) is 6.92 Å². The highest BCUT2D eigenvalue weighted by molar-refractivity contribution is 6.32. The van der Waals surface area contributed by atoms with E-state index >= 15 is 0 Å². The van der Waals surface area contributed by atoms with Gasteiger partial charge in [0.05, 0.1) is 7.11 Å². The summed E-state index contributed by atoms with van der Waals surface area (Å²) < 4.78 is 5.41. The summed E-state index contributed by atoms with van der Waals surface area (Å²) in [6, 6.07) is 3.99. The molecule has 0 unspecified atom stereocenters. The molecule has 0 bridgehead atoms. The van der Waals surface area contributed by atoms with Crippen LogP contribution in [0.25, 0.3) is 10.9 Å². The molecule has 4 heteroatoms. The topological polar surface area (TPSA) is 34.2 Å². The largest absolute Gasteiger partial charge is 0.494 e. The Hall–Kier alpha value is -1.48. The molecule has 2 aromatic rings. The number of hydrogen-bond donors (Lipinski definition) is 1. The zero-order valence-corrected chi connectivity index (χ0v) is 13.6. The maximum atomic E-state index is 6.29. The average molecular weight is 293 g/mol. The summed E-state index contributed by atoms with van der Waals surface area (Å²) in [5.41, 5.74) is 3.04. The number of benzene rings is 1. The van der Waals surface area contributed by atoms with Crippen LogP contribution >= 0.6 is 11.6 Å². The van der Waals surface area contributed by atoms with Gasteiger partial charge in [-0.1, -0.05) is 32.4 Å². The zero-order chi connectivity index (χ0) is 15.1. The Labute approximate surface area is 125 Å². The van der Waals surface area contributed by atoms with Crippen LogP contribution in [0.5, 0.6) is 5.75 Å².